The molecule has 4 atom stereocenters. The van der Waals surface area contributed by atoms with Crippen LogP contribution in [-0.4, -0.2) is 42.3 Å². The van der Waals surface area contributed by atoms with Crippen molar-refractivity contribution in [2.75, 3.05) is 6.54 Å². The van der Waals surface area contributed by atoms with E-state index in [1.807, 2.05) is 0 Å². The van der Waals surface area contributed by atoms with Gasteiger partial charge in [-0.3, -0.25) is 9.59 Å². The van der Waals surface area contributed by atoms with Crippen molar-refractivity contribution in [2.24, 2.45) is 11.8 Å². The summed E-state index contributed by atoms with van der Waals surface area (Å²) in [7, 11) is 0. The molecular formula is C19H34N2O5. The Morgan fingerprint density at radius 2 is 1.81 bits per heavy atom. The smallest absolute Gasteiger partial charge is 0.407 e. The molecule has 2 amide bonds. The lowest BCUT2D eigenvalue weighted by atomic mass is 9.78. The standard InChI is InChI=1S/C19H34N2O5/c1-12-8-7-9-15(13(12)2)21-17(23)14(3)25-16(22)10-11-20-18(24)26-19(4,5)6/h12-15H,7-11H2,1-6H3,(H,20,24)(H,21,23)/t12-,13-,14-,15+/m1/s1. The van der Waals surface area contributed by atoms with Crippen LogP contribution in [0.25, 0.3) is 0 Å². The highest BCUT2D eigenvalue weighted by Gasteiger charge is 2.30. The van der Waals surface area contributed by atoms with E-state index >= 15 is 0 Å². The minimum atomic E-state index is -0.853. The summed E-state index contributed by atoms with van der Waals surface area (Å²) in [5, 5.41) is 5.48. The van der Waals surface area contributed by atoms with Gasteiger partial charge in [-0.1, -0.05) is 26.7 Å². The van der Waals surface area contributed by atoms with Crippen molar-refractivity contribution < 1.29 is 23.9 Å². The molecule has 0 heterocycles. The van der Waals surface area contributed by atoms with Gasteiger partial charge < -0.3 is 20.1 Å². The zero-order chi connectivity index (χ0) is 19.9. The Hall–Kier alpha value is -1.79. The Bertz CT molecular complexity index is 501. The number of rotatable bonds is 6. The van der Waals surface area contributed by atoms with Crippen LogP contribution in [0.2, 0.25) is 0 Å². The lowest BCUT2D eigenvalue weighted by molar-refractivity contribution is -0.155. The maximum Gasteiger partial charge on any atom is 0.407 e. The number of amides is 2. The van der Waals surface area contributed by atoms with Gasteiger partial charge in [-0.25, -0.2) is 4.79 Å². The number of hydrogen-bond acceptors (Lipinski definition) is 5. The molecule has 7 nitrogen and oxygen atoms in total. The number of carbonyl (C=O) groups is 3. The number of ether oxygens (including phenoxy) is 2. The molecule has 0 spiro atoms. The quantitative estimate of drug-likeness (QED) is 0.701. The van der Waals surface area contributed by atoms with Gasteiger partial charge in [-0.15, -0.1) is 0 Å². The van der Waals surface area contributed by atoms with E-state index in [-0.39, 0.29) is 24.9 Å². The molecule has 0 aliphatic heterocycles. The second kappa shape index (κ2) is 9.78. The van der Waals surface area contributed by atoms with Crippen LogP contribution < -0.4 is 10.6 Å². The lowest BCUT2D eigenvalue weighted by Crippen LogP contribution is -2.47. The van der Waals surface area contributed by atoms with Gasteiger partial charge in [0.2, 0.25) is 0 Å². The molecule has 1 rings (SSSR count). The summed E-state index contributed by atoms with van der Waals surface area (Å²) in [6.07, 6.45) is 1.78. The summed E-state index contributed by atoms with van der Waals surface area (Å²) in [5.41, 5.74) is -0.592. The van der Waals surface area contributed by atoms with Crippen molar-refractivity contribution in [1.29, 1.82) is 0 Å². The summed E-state index contributed by atoms with van der Waals surface area (Å²) in [6, 6.07) is 0.126. The fourth-order valence-electron chi connectivity index (χ4n) is 2.98. The highest BCUT2D eigenvalue weighted by Crippen LogP contribution is 2.29. The molecule has 0 unspecified atom stereocenters. The van der Waals surface area contributed by atoms with Crippen LogP contribution in [0.15, 0.2) is 0 Å². The second-order valence-corrected chi connectivity index (χ2v) is 8.19. The van der Waals surface area contributed by atoms with Crippen LogP contribution in [0.1, 0.15) is 67.2 Å². The molecule has 0 aromatic rings. The Kier molecular flexibility index (Phi) is 8.37. The van der Waals surface area contributed by atoms with Crippen LogP contribution in [0.3, 0.4) is 0 Å². The third kappa shape index (κ3) is 8.06. The Balaban J connectivity index is 2.30. The molecule has 0 radical (unpaired) electrons. The van der Waals surface area contributed by atoms with E-state index in [1.54, 1.807) is 27.7 Å². The average Bonchev–Trinajstić information content (AvgIpc) is 2.49. The Labute approximate surface area is 156 Å². The van der Waals surface area contributed by atoms with Crippen molar-refractivity contribution in [3.8, 4) is 0 Å². The van der Waals surface area contributed by atoms with Gasteiger partial charge in [-0.2, -0.15) is 0 Å². The van der Waals surface area contributed by atoms with Crippen molar-refractivity contribution in [3.63, 3.8) is 0 Å². The molecule has 0 bridgehead atoms. The third-order valence-electron chi connectivity index (χ3n) is 4.71. The van der Waals surface area contributed by atoms with Crippen molar-refractivity contribution in [3.05, 3.63) is 0 Å². The monoisotopic (exact) mass is 370 g/mol. The van der Waals surface area contributed by atoms with E-state index in [0.717, 1.165) is 12.8 Å². The molecule has 7 heteroatoms. The first-order valence-electron chi connectivity index (χ1n) is 9.46. The number of esters is 1. The van der Waals surface area contributed by atoms with Gasteiger partial charge in [-0.05, 0) is 46.0 Å². The highest BCUT2D eigenvalue weighted by molar-refractivity contribution is 5.83. The zero-order valence-corrected chi connectivity index (χ0v) is 16.9. The molecular weight excluding hydrogens is 336 g/mol. The summed E-state index contributed by atoms with van der Waals surface area (Å²) < 4.78 is 10.2. The van der Waals surface area contributed by atoms with E-state index in [4.69, 9.17) is 9.47 Å². The van der Waals surface area contributed by atoms with Gasteiger partial charge in [0.25, 0.3) is 5.91 Å². The van der Waals surface area contributed by atoms with Crippen LogP contribution in [0, 0.1) is 11.8 Å². The summed E-state index contributed by atoms with van der Waals surface area (Å²) >= 11 is 0. The van der Waals surface area contributed by atoms with E-state index in [0.29, 0.717) is 11.8 Å². The van der Waals surface area contributed by atoms with Crippen molar-refractivity contribution in [2.45, 2.75) is 85.0 Å². The second-order valence-electron chi connectivity index (χ2n) is 8.19. The van der Waals surface area contributed by atoms with Gasteiger partial charge in [0.1, 0.15) is 5.60 Å². The van der Waals surface area contributed by atoms with Crippen LogP contribution in [0.4, 0.5) is 4.79 Å². The number of carbonyl (C=O) groups excluding carboxylic acids is 3. The summed E-state index contributed by atoms with van der Waals surface area (Å²) in [5.74, 6) is 0.178. The van der Waals surface area contributed by atoms with Crippen molar-refractivity contribution >= 4 is 18.0 Å². The molecule has 0 aromatic heterocycles. The Morgan fingerprint density at radius 3 is 2.42 bits per heavy atom. The van der Waals surface area contributed by atoms with Crippen LogP contribution in [0.5, 0.6) is 0 Å². The van der Waals surface area contributed by atoms with Gasteiger partial charge >= 0.3 is 12.1 Å². The molecule has 150 valence electrons. The van der Waals surface area contributed by atoms with E-state index in [9.17, 15) is 14.4 Å². The highest BCUT2D eigenvalue weighted by atomic mass is 16.6. The maximum atomic E-state index is 12.3. The minimum absolute atomic E-state index is 0.0201. The average molecular weight is 370 g/mol. The molecule has 1 aliphatic carbocycles. The molecule has 2 N–H and O–H groups in total. The largest absolute Gasteiger partial charge is 0.452 e. The van der Waals surface area contributed by atoms with Crippen LogP contribution in [-0.2, 0) is 19.1 Å². The van der Waals surface area contributed by atoms with Gasteiger partial charge in [0.15, 0.2) is 6.10 Å². The first kappa shape index (κ1) is 22.3. The van der Waals surface area contributed by atoms with Crippen molar-refractivity contribution in [1.82, 2.24) is 10.6 Å². The zero-order valence-electron chi connectivity index (χ0n) is 16.9. The first-order chi connectivity index (χ1) is 12.0. The molecule has 1 aliphatic rings. The fraction of sp³-hybridized carbons (Fsp3) is 0.842. The summed E-state index contributed by atoms with van der Waals surface area (Å²) in [4.78, 5) is 35.6. The Morgan fingerprint density at radius 1 is 1.15 bits per heavy atom. The SMILES string of the molecule is C[C@@H]1[C@H](C)CCC[C@@H]1NC(=O)[C@@H](C)OC(=O)CCNC(=O)OC(C)(C)C. The predicted octanol–water partition coefficient (Wildman–Crippen LogP) is 2.77. The molecule has 1 saturated carbocycles. The molecule has 0 aromatic carbocycles. The third-order valence-corrected chi connectivity index (χ3v) is 4.71. The molecule has 1 fully saturated rings. The molecule has 26 heavy (non-hydrogen) atoms. The normalized spacial score (nSPS) is 24.3. The topological polar surface area (TPSA) is 93.7 Å². The number of hydrogen-bond donors (Lipinski definition) is 2. The number of nitrogens with one attached hydrogen (secondary N) is 2. The lowest BCUT2D eigenvalue weighted by Gasteiger charge is -2.35. The fourth-order valence-corrected chi connectivity index (χ4v) is 2.98. The maximum absolute atomic E-state index is 12.3. The van der Waals surface area contributed by atoms with E-state index in [1.165, 1.54) is 6.42 Å². The first-order valence-corrected chi connectivity index (χ1v) is 9.46. The van der Waals surface area contributed by atoms with Crippen LogP contribution >= 0.6 is 0 Å². The van der Waals surface area contributed by atoms with E-state index in [2.05, 4.69) is 24.5 Å². The minimum Gasteiger partial charge on any atom is -0.452 e. The van der Waals surface area contributed by atoms with Gasteiger partial charge in [0, 0.05) is 12.6 Å². The number of alkyl carbamates (subject to hydrolysis) is 1. The predicted molar refractivity (Wildman–Crippen MR) is 98.5 cm³/mol. The molecule has 0 saturated heterocycles. The van der Waals surface area contributed by atoms with Gasteiger partial charge in [0.05, 0.1) is 6.42 Å². The van der Waals surface area contributed by atoms with E-state index < -0.39 is 23.8 Å². The summed E-state index contributed by atoms with van der Waals surface area (Å²) in [6.45, 7) is 11.3.